The maximum absolute atomic E-state index is 11.4. The lowest BCUT2D eigenvalue weighted by Gasteiger charge is -2.08. The van der Waals surface area contributed by atoms with Crippen LogP contribution in [0.4, 0.5) is 0 Å². The number of pyridine rings is 1. The number of halogens is 1. The van der Waals surface area contributed by atoms with Gasteiger partial charge in [-0.1, -0.05) is 6.07 Å². The van der Waals surface area contributed by atoms with Crippen molar-refractivity contribution in [3.8, 4) is 5.75 Å². The number of fused-ring (bicyclic) bond motifs is 1. The van der Waals surface area contributed by atoms with Crippen molar-refractivity contribution < 1.29 is 14.6 Å². The van der Waals surface area contributed by atoms with Crippen LogP contribution in [0.15, 0.2) is 30.5 Å². The summed E-state index contributed by atoms with van der Waals surface area (Å²) in [5.41, 5.74) is 1.59. The Labute approximate surface area is 125 Å². The predicted molar refractivity (Wildman–Crippen MR) is 80.8 cm³/mol. The third-order valence-corrected chi connectivity index (χ3v) is 3.15. The van der Waals surface area contributed by atoms with Crippen LogP contribution in [-0.4, -0.2) is 21.1 Å². The maximum atomic E-state index is 11.4. The third-order valence-electron chi connectivity index (χ3n) is 2.96. The van der Waals surface area contributed by atoms with E-state index in [0.29, 0.717) is 19.3 Å². The Balaban J connectivity index is 2.00. The summed E-state index contributed by atoms with van der Waals surface area (Å²) in [7, 11) is 0. The van der Waals surface area contributed by atoms with Crippen molar-refractivity contribution in [3.63, 3.8) is 0 Å². The van der Waals surface area contributed by atoms with Crippen molar-refractivity contribution >= 4 is 32.8 Å². The number of carbonyl (C=O) groups is 1. The number of ether oxygens (including phenoxy) is 1. The molecule has 1 atom stereocenters. The molecular formula is C15H16BrNO3. The number of phenols is 1. The summed E-state index contributed by atoms with van der Waals surface area (Å²) in [5.74, 6) is 0.00847. The molecule has 2 aromatic rings. The Kier molecular flexibility index (Phi) is 4.95. The first kappa shape index (κ1) is 14.8. The van der Waals surface area contributed by atoms with Gasteiger partial charge in [-0.15, -0.1) is 0 Å². The van der Waals surface area contributed by atoms with Gasteiger partial charge in [0.15, 0.2) is 5.01 Å². The van der Waals surface area contributed by atoms with E-state index in [1.54, 1.807) is 19.2 Å². The fourth-order valence-electron chi connectivity index (χ4n) is 2.05. The second kappa shape index (κ2) is 6.70. The summed E-state index contributed by atoms with van der Waals surface area (Å²) in [6.07, 6.45) is 3.29. The van der Waals surface area contributed by atoms with Crippen LogP contribution in [-0.2, 0) is 16.0 Å². The number of aromatic hydroxyl groups is 1. The zero-order chi connectivity index (χ0) is 14.5. The van der Waals surface area contributed by atoms with Gasteiger partial charge in [-0.05, 0) is 59.5 Å². The number of alkyl halides is 1. The molecule has 1 heterocycles. The Morgan fingerprint density at radius 2 is 2.25 bits per heavy atom. The molecule has 2 rings (SSSR count). The fraction of sp³-hybridized carbons (Fsp3) is 0.333. The van der Waals surface area contributed by atoms with Gasteiger partial charge in [0.25, 0.3) is 0 Å². The minimum absolute atomic E-state index is 0.240. The summed E-state index contributed by atoms with van der Waals surface area (Å²) in [4.78, 5) is 15.6. The summed E-state index contributed by atoms with van der Waals surface area (Å²) in [6, 6.07) is 7.36. The largest absolute Gasteiger partial charge is 0.507 e. The zero-order valence-electron chi connectivity index (χ0n) is 11.2. The van der Waals surface area contributed by atoms with Crippen LogP contribution >= 0.6 is 15.9 Å². The SMILES string of the molecule is CC(Br)OC(=O)CCCc1ccc2ncccc2c1O. The molecule has 0 amide bonds. The molecule has 1 N–H and O–H groups in total. The first-order valence-corrected chi connectivity index (χ1v) is 7.38. The lowest BCUT2D eigenvalue weighted by Crippen LogP contribution is -2.09. The number of aryl methyl sites for hydroxylation is 1. The third kappa shape index (κ3) is 3.70. The molecule has 0 aliphatic rings. The Morgan fingerprint density at radius 3 is 3.00 bits per heavy atom. The summed E-state index contributed by atoms with van der Waals surface area (Å²) in [5, 5.41) is 10.7. The molecule has 0 radical (unpaired) electrons. The highest BCUT2D eigenvalue weighted by atomic mass is 79.9. The molecule has 5 heteroatoms. The number of benzene rings is 1. The van der Waals surface area contributed by atoms with Crippen molar-refractivity contribution in [2.45, 2.75) is 31.2 Å². The van der Waals surface area contributed by atoms with Gasteiger partial charge in [0.05, 0.1) is 5.52 Å². The van der Waals surface area contributed by atoms with Crippen LogP contribution in [0, 0.1) is 0 Å². The number of phenolic OH excluding ortho intramolecular Hbond substituents is 1. The number of hydrogen-bond acceptors (Lipinski definition) is 4. The smallest absolute Gasteiger partial charge is 0.306 e. The molecule has 0 saturated heterocycles. The summed E-state index contributed by atoms with van der Waals surface area (Å²) in [6.45, 7) is 1.75. The molecule has 0 bridgehead atoms. The van der Waals surface area contributed by atoms with Gasteiger partial charge < -0.3 is 9.84 Å². The average molecular weight is 338 g/mol. The minimum Gasteiger partial charge on any atom is -0.507 e. The van der Waals surface area contributed by atoms with E-state index in [1.807, 2.05) is 18.2 Å². The van der Waals surface area contributed by atoms with Gasteiger partial charge >= 0.3 is 5.97 Å². The second-order valence-electron chi connectivity index (χ2n) is 4.53. The van der Waals surface area contributed by atoms with E-state index in [0.717, 1.165) is 16.5 Å². The molecule has 20 heavy (non-hydrogen) atoms. The van der Waals surface area contributed by atoms with E-state index in [4.69, 9.17) is 4.74 Å². The molecule has 106 valence electrons. The lowest BCUT2D eigenvalue weighted by molar-refractivity contribution is -0.144. The molecule has 0 fully saturated rings. The minimum atomic E-state index is -0.268. The Hall–Kier alpha value is -1.62. The van der Waals surface area contributed by atoms with Crippen molar-refractivity contribution in [2.24, 2.45) is 0 Å². The van der Waals surface area contributed by atoms with Gasteiger partial charge in [-0.3, -0.25) is 9.78 Å². The number of aromatic nitrogens is 1. The van der Waals surface area contributed by atoms with Crippen LogP contribution in [0.2, 0.25) is 0 Å². The van der Waals surface area contributed by atoms with Gasteiger partial charge in [0.1, 0.15) is 5.75 Å². The molecule has 0 saturated carbocycles. The van der Waals surface area contributed by atoms with E-state index >= 15 is 0 Å². The molecule has 4 nitrogen and oxygen atoms in total. The van der Waals surface area contributed by atoms with E-state index in [2.05, 4.69) is 20.9 Å². The molecule has 1 aromatic carbocycles. The number of nitrogens with zero attached hydrogens (tertiary/aromatic N) is 1. The van der Waals surface area contributed by atoms with Gasteiger partial charge in [-0.2, -0.15) is 0 Å². The first-order valence-electron chi connectivity index (χ1n) is 6.47. The van der Waals surface area contributed by atoms with Crippen molar-refractivity contribution in [1.29, 1.82) is 0 Å². The maximum Gasteiger partial charge on any atom is 0.306 e. The predicted octanol–water partition coefficient (Wildman–Crippen LogP) is 3.55. The number of carbonyl (C=O) groups excluding carboxylic acids is 1. The van der Waals surface area contributed by atoms with Gasteiger partial charge in [0.2, 0.25) is 0 Å². The number of rotatable bonds is 5. The second-order valence-corrected chi connectivity index (χ2v) is 5.82. The lowest BCUT2D eigenvalue weighted by atomic mass is 10.0. The van der Waals surface area contributed by atoms with Crippen LogP contribution < -0.4 is 0 Å². The van der Waals surface area contributed by atoms with Gasteiger partial charge in [0, 0.05) is 18.0 Å². The molecule has 1 aromatic heterocycles. The van der Waals surface area contributed by atoms with Crippen molar-refractivity contribution in [2.75, 3.05) is 0 Å². The van der Waals surface area contributed by atoms with E-state index in [1.165, 1.54) is 0 Å². The van der Waals surface area contributed by atoms with Crippen LogP contribution in [0.25, 0.3) is 10.9 Å². The van der Waals surface area contributed by atoms with E-state index < -0.39 is 0 Å². The van der Waals surface area contributed by atoms with Crippen molar-refractivity contribution in [3.05, 3.63) is 36.0 Å². The Morgan fingerprint density at radius 1 is 1.45 bits per heavy atom. The van der Waals surface area contributed by atoms with Crippen LogP contribution in [0.5, 0.6) is 5.75 Å². The fourth-order valence-corrected chi connectivity index (χ4v) is 2.26. The van der Waals surface area contributed by atoms with Gasteiger partial charge in [-0.25, -0.2) is 0 Å². The van der Waals surface area contributed by atoms with Crippen molar-refractivity contribution in [1.82, 2.24) is 4.98 Å². The highest BCUT2D eigenvalue weighted by molar-refractivity contribution is 9.09. The average Bonchev–Trinajstić information content (AvgIpc) is 2.41. The standard InChI is InChI=1S/C15H16BrNO3/c1-10(16)20-14(18)6-2-4-11-7-8-13-12(15(11)19)5-3-9-17-13/h3,5,7-10,19H,2,4,6H2,1H3. The molecule has 1 unspecified atom stereocenters. The Bertz CT molecular complexity index is 613. The molecule has 0 aliphatic carbocycles. The highest BCUT2D eigenvalue weighted by Gasteiger charge is 2.09. The van der Waals surface area contributed by atoms with E-state index in [-0.39, 0.29) is 16.7 Å². The molecular weight excluding hydrogens is 322 g/mol. The summed E-state index contributed by atoms with van der Waals surface area (Å²) < 4.78 is 4.99. The zero-order valence-corrected chi connectivity index (χ0v) is 12.8. The number of esters is 1. The first-order chi connectivity index (χ1) is 9.58. The highest BCUT2D eigenvalue weighted by Crippen LogP contribution is 2.28. The van der Waals surface area contributed by atoms with Crippen LogP contribution in [0.1, 0.15) is 25.3 Å². The number of hydrogen-bond donors (Lipinski definition) is 1. The molecule has 0 aliphatic heterocycles. The topological polar surface area (TPSA) is 59.4 Å². The quantitative estimate of drug-likeness (QED) is 0.669. The monoisotopic (exact) mass is 337 g/mol. The molecule has 0 spiro atoms. The van der Waals surface area contributed by atoms with Crippen LogP contribution in [0.3, 0.4) is 0 Å². The normalized spacial score (nSPS) is 12.3. The van der Waals surface area contributed by atoms with E-state index in [9.17, 15) is 9.90 Å². The summed E-state index contributed by atoms with van der Waals surface area (Å²) >= 11 is 3.16.